The highest BCUT2D eigenvalue weighted by Crippen LogP contribution is 2.31. The third-order valence-electron chi connectivity index (χ3n) is 3.51. The Morgan fingerprint density at radius 2 is 2.30 bits per heavy atom. The summed E-state index contributed by atoms with van der Waals surface area (Å²) in [4.78, 5) is 23.9. The van der Waals surface area contributed by atoms with Crippen molar-refractivity contribution in [1.29, 1.82) is 0 Å². The molecule has 6 heteroatoms. The number of nitrogens with one attached hydrogen (secondary N) is 2. The van der Waals surface area contributed by atoms with Crippen molar-refractivity contribution in [2.75, 3.05) is 6.61 Å². The summed E-state index contributed by atoms with van der Waals surface area (Å²) in [6.45, 7) is 2.20. The Balaban J connectivity index is 1.83. The molecule has 0 aromatic carbocycles. The number of urea groups is 1. The number of rotatable bonds is 4. The first-order valence-corrected chi connectivity index (χ1v) is 7.57. The number of carbonyl (C=O) groups is 2. The van der Waals surface area contributed by atoms with Gasteiger partial charge < -0.3 is 15.4 Å². The summed E-state index contributed by atoms with van der Waals surface area (Å²) in [5, 5.41) is 9.27. The largest absolute Gasteiger partial charge is 0.462 e. The van der Waals surface area contributed by atoms with Crippen molar-refractivity contribution < 1.29 is 14.3 Å². The normalized spacial score (nSPS) is 22.2. The number of amides is 2. The van der Waals surface area contributed by atoms with Crippen LogP contribution in [-0.2, 0) is 9.53 Å². The molecule has 3 rings (SSSR count). The molecule has 0 bridgehead atoms. The third-order valence-corrected chi connectivity index (χ3v) is 4.21. The van der Waals surface area contributed by atoms with E-state index in [0.717, 1.165) is 18.4 Å². The lowest BCUT2D eigenvalue weighted by Gasteiger charge is -2.27. The molecule has 1 atom stereocenters. The van der Waals surface area contributed by atoms with Crippen molar-refractivity contribution in [2.45, 2.75) is 25.8 Å². The first kappa shape index (κ1) is 13.2. The zero-order valence-electron chi connectivity index (χ0n) is 11.1. The van der Waals surface area contributed by atoms with E-state index in [1.807, 2.05) is 16.8 Å². The maximum absolute atomic E-state index is 12.3. The van der Waals surface area contributed by atoms with Gasteiger partial charge in [0.05, 0.1) is 18.2 Å². The van der Waals surface area contributed by atoms with Gasteiger partial charge in [0.15, 0.2) is 0 Å². The van der Waals surface area contributed by atoms with Gasteiger partial charge in [-0.05, 0) is 48.1 Å². The fourth-order valence-corrected chi connectivity index (χ4v) is 2.90. The van der Waals surface area contributed by atoms with E-state index < -0.39 is 6.04 Å². The van der Waals surface area contributed by atoms with Crippen LogP contribution in [0.25, 0.3) is 0 Å². The lowest BCUT2D eigenvalue weighted by atomic mass is 9.98. The lowest BCUT2D eigenvalue weighted by Crippen LogP contribution is -2.45. The summed E-state index contributed by atoms with van der Waals surface area (Å²) < 4.78 is 5.35. The van der Waals surface area contributed by atoms with Gasteiger partial charge in [0, 0.05) is 5.70 Å². The lowest BCUT2D eigenvalue weighted by molar-refractivity contribution is -0.140. The number of thiophene rings is 1. The summed E-state index contributed by atoms with van der Waals surface area (Å²) in [6, 6.07) is 1.18. The minimum Gasteiger partial charge on any atom is -0.462 e. The van der Waals surface area contributed by atoms with E-state index in [-0.39, 0.29) is 12.0 Å². The molecular weight excluding hydrogens is 276 g/mol. The number of allylic oxidation sites excluding steroid dienone is 1. The molecular formula is C14H16N2O3S. The van der Waals surface area contributed by atoms with Gasteiger partial charge in [-0.3, -0.25) is 0 Å². The van der Waals surface area contributed by atoms with Crippen molar-refractivity contribution >= 4 is 23.3 Å². The molecule has 2 amide bonds. The van der Waals surface area contributed by atoms with Gasteiger partial charge in [0.25, 0.3) is 0 Å². The number of carbonyl (C=O) groups excluding carboxylic acids is 2. The second-order valence-electron chi connectivity index (χ2n) is 5.17. The SMILES string of the molecule is CC1=C(C(=O)OCC2CC2)C(c2ccsc2)NC(=O)N1. The number of hydrogen-bond acceptors (Lipinski definition) is 4. The van der Waals surface area contributed by atoms with E-state index in [1.165, 1.54) is 11.3 Å². The molecule has 0 spiro atoms. The smallest absolute Gasteiger partial charge is 0.338 e. The summed E-state index contributed by atoms with van der Waals surface area (Å²) >= 11 is 1.53. The second kappa shape index (κ2) is 5.28. The van der Waals surface area contributed by atoms with Crippen LogP contribution in [0.4, 0.5) is 4.79 Å². The highest BCUT2D eigenvalue weighted by atomic mass is 32.1. The van der Waals surface area contributed by atoms with Crippen LogP contribution in [0.5, 0.6) is 0 Å². The predicted molar refractivity (Wildman–Crippen MR) is 75.1 cm³/mol. The summed E-state index contributed by atoms with van der Waals surface area (Å²) in [7, 11) is 0. The molecule has 1 aromatic heterocycles. The molecule has 1 saturated carbocycles. The average Bonchev–Trinajstić information content (AvgIpc) is 3.07. The van der Waals surface area contributed by atoms with E-state index in [9.17, 15) is 9.59 Å². The quantitative estimate of drug-likeness (QED) is 0.837. The van der Waals surface area contributed by atoms with E-state index in [0.29, 0.717) is 23.8 Å². The van der Waals surface area contributed by atoms with Gasteiger partial charge in [-0.25, -0.2) is 9.59 Å². The molecule has 20 heavy (non-hydrogen) atoms. The molecule has 106 valence electrons. The van der Waals surface area contributed by atoms with Gasteiger partial charge in [-0.15, -0.1) is 0 Å². The molecule has 1 aliphatic heterocycles. The van der Waals surface area contributed by atoms with Crippen LogP contribution in [-0.4, -0.2) is 18.6 Å². The summed E-state index contributed by atoms with van der Waals surface area (Å²) in [5.41, 5.74) is 1.96. The van der Waals surface area contributed by atoms with Crippen LogP contribution in [0.15, 0.2) is 28.1 Å². The highest BCUT2D eigenvalue weighted by molar-refractivity contribution is 7.08. The minimum absolute atomic E-state index is 0.294. The van der Waals surface area contributed by atoms with E-state index >= 15 is 0 Å². The van der Waals surface area contributed by atoms with Crippen molar-refractivity contribution in [3.63, 3.8) is 0 Å². The molecule has 0 saturated heterocycles. The zero-order valence-corrected chi connectivity index (χ0v) is 12.0. The Morgan fingerprint density at radius 3 is 2.95 bits per heavy atom. The van der Waals surface area contributed by atoms with Crippen molar-refractivity contribution in [3.05, 3.63) is 33.7 Å². The molecule has 1 unspecified atom stereocenters. The van der Waals surface area contributed by atoms with Crippen molar-refractivity contribution in [2.24, 2.45) is 5.92 Å². The van der Waals surface area contributed by atoms with Gasteiger partial charge in [0.1, 0.15) is 0 Å². The summed E-state index contributed by atoms with van der Waals surface area (Å²) in [6.07, 6.45) is 2.27. The van der Waals surface area contributed by atoms with Crippen LogP contribution in [0.2, 0.25) is 0 Å². The van der Waals surface area contributed by atoms with E-state index in [4.69, 9.17) is 4.74 Å². The maximum Gasteiger partial charge on any atom is 0.338 e. The topological polar surface area (TPSA) is 67.4 Å². The summed E-state index contributed by atoms with van der Waals surface area (Å²) in [5.74, 6) is 0.170. The first-order valence-electron chi connectivity index (χ1n) is 6.62. The second-order valence-corrected chi connectivity index (χ2v) is 5.95. The Morgan fingerprint density at radius 1 is 1.50 bits per heavy atom. The molecule has 1 aromatic rings. The van der Waals surface area contributed by atoms with Crippen LogP contribution in [0.3, 0.4) is 0 Å². The molecule has 2 aliphatic rings. The van der Waals surface area contributed by atoms with Crippen LogP contribution in [0.1, 0.15) is 31.4 Å². The standard InChI is InChI=1S/C14H16N2O3S/c1-8-11(13(17)19-6-9-2-3-9)12(16-14(18)15-8)10-4-5-20-7-10/h4-5,7,9,12H,2-3,6H2,1H3,(H2,15,16,18). The Bertz CT molecular complexity index is 561. The van der Waals surface area contributed by atoms with Crippen LogP contribution in [0, 0.1) is 5.92 Å². The molecule has 2 heterocycles. The molecule has 5 nitrogen and oxygen atoms in total. The Kier molecular flexibility index (Phi) is 3.48. The van der Waals surface area contributed by atoms with Crippen LogP contribution >= 0.6 is 11.3 Å². The highest BCUT2D eigenvalue weighted by Gasteiger charge is 2.33. The van der Waals surface area contributed by atoms with Crippen molar-refractivity contribution in [3.8, 4) is 0 Å². The Hall–Kier alpha value is -1.82. The van der Waals surface area contributed by atoms with Gasteiger partial charge in [-0.1, -0.05) is 0 Å². The number of hydrogen-bond donors (Lipinski definition) is 2. The zero-order chi connectivity index (χ0) is 14.1. The average molecular weight is 292 g/mol. The third kappa shape index (κ3) is 2.70. The molecule has 2 N–H and O–H groups in total. The molecule has 0 radical (unpaired) electrons. The minimum atomic E-state index is -0.429. The first-order chi connectivity index (χ1) is 9.65. The maximum atomic E-state index is 12.3. The fourth-order valence-electron chi connectivity index (χ4n) is 2.21. The van der Waals surface area contributed by atoms with E-state index in [1.54, 1.807) is 6.92 Å². The Labute approximate surface area is 121 Å². The van der Waals surface area contributed by atoms with Gasteiger partial charge in [-0.2, -0.15) is 11.3 Å². The van der Waals surface area contributed by atoms with Crippen LogP contribution < -0.4 is 10.6 Å². The van der Waals surface area contributed by atoms with E-state index in [2.05, 4.69) is 10.6 Å². The van der Waals surface area contributed by atoms with Crippen molar-refractivity contribution in [1.82, 2.24) is 10.6 Å². The van der Waals surface area contributed by atoms with Gasteiger partial charge >= 0.3 is 12.0 Å². The number of ether oxygens (including phenoxy) is 1. The molecule has 1 fully saturated rings. The monoisotopic (exact) mass is 292 g/mol. The number of esters is 1. The predicted octanol–water partition coefficient (Wildman–Crippen LogP) is 2.33. The van der Waals surface area contributed by atoms with Gasteiger partial charge in [0.2, 0.25) is 0 Å². The fraction of sp³-hybridized carbons (Fsp3) is 0.429. The molecule has 1 aliphatic carbocycles.